The summed E-state index contributed by atoms with van der Waals surface area (Å²) in [4.78, 5) is 10.4. The van der Waals surface area contributed by atoms with Crippen LogP contribution in [-0.2, 0) is 0 Å². The minimum absolute atomic E-state index is 0.325. The van der Waals surface area contributed by atoms with Crippen LogP contribution in [0.25, 0.3) is 116 Å². The fraction of sp³-hybridized carbons (Fsp3) is 0. The van der Waals surface area contributed by atoms with Gasteiger partial charge in [-0.3, -0.25) is 0 Å². The number of benzene rings is 11. The van der Waals surface area contributed by atoms with E-state index in [0.717, 1.165) is 121 Å². The van der Waals surface area contributed by atoms with Crippen molar-refractivity contribution in [2.45, 2.75) is 0 Å². The second kappa shape index (κ2) is 17.2. The van der Waals surface area contributed by atoms with E-state index in [2.05, 4.69) is 176 Å². The zero-order valence-corrected chi connectivity index (χ0v) is 38.5. The highest BCUT2D eigenvalue weighted by molar-refractivity contribution is 6.22. The van der Waals surface area contributed by atoms with Crippen LogP contribution in [-0.4, -0.2) is 11.7 Å². The van der Waals surface area contributed by atoms with Gasteiger partial charge in [-0.1, -0.05) is 207 Å². The molecule has 2 aromatic heterocycles. The van der Waals surface area contributed by atoms with Gasteiger partial charge < -0.3 is 14.6 Å². The van der Waals surface area contributed by atoms with E-state index >= 15 is 0 Å². The molecule has 0 atom stereocenters. The predicted octanol–water partition coefficient (Wildman–Crippen LogP) is 17.3. The summed E-state index contributed by atoms with van der Waals surface area (Å²) in [5.74, 6) is 0.754. The average molecular weight is 910 g/mol. The molecule has 0 aliphatic carbocycles. The number of furan rings is 2. The topological polar surface area (TPSA) is 77.0 Å². The number of hydrogen-bond donors (Lipinski definition) is 1. The van der Waals surface area contributed by atoms with E-state index in [1.54, 1.807) is 0 Å². The van der Waals surface area contributed by atoms with Gasteiger partial charge in [0.2, 0.25) is 0 Å². The first-order chi connectivity index (χ1) is 35.0. The van der Waals surface area contributed by atoms with E-state index in [9.17, 15) is 0 Å². The van der Waals surface area contributed by atoms with Crippen LogP contribution in [0.2, 0.25) is 0 Å². The fourth-order valence-corrected chi connectivity index (χ4v) is 10.1. The Hall–Kier alpha value is -9.58. The molecule has 71 heavy (non-hydrogen) atoms. The quantitative estimate of drug-likeness (QED) is 0.122. The Kier molecular flexibility index (Phi) is 10.1. The van der Waals surface area contributed by atoms with Gasteiger partial charge >= 0.3 is 0 Å². The molecule has 0 aliphatic heterocycles. The third-order valence-corrected chi connectivity index (χ3v) is 13.7. The molecule has 0 bridgehead atoms. The summed E-state index contributed by atoms with van der Waals surface area (Å²) in [7, 11) is 0. The number of nitrogens with zero attached hydrogens (tertiary/aromatic N) is 2. The zero-order valence-electron chi connectivity index (χ0n) is 38.5. The molecule has 334 valence electrons. The summed E-state index contributed by atoms with van der Waals surface area (Å²) in [5, 5.41) is 8.43. The first kappa shape index (κ1) is 41.6. The van der Waals surface area contributed by atoms with Crippen molar-refractivity contribution in [3.05, 3.63) is 260 Å². The van der Waals surface area contributed by atoms with E-state index in [0.29, 0.717) is 17.4 Å². The standard InChI is InChI=1S/C66H43N3O2/c1-41(51-24-14-25-56-55-23-12-13-26-60(55)71-64(51)56)68-66(47-33-31-45(32-34-47)43-17-6-3-7-18-43)69-65(67)57-36-35-54(52-21-10-11-22-53(52)57)58-38-50(46-29-27-44(28-30-46)42-15-4-2-5-16-42)40-62-63(58)59-37-48-19-8-9-20-49(48)39-61(59)70-62/h2-40H,1H2,(H2,67,68,69). The Labute approximate surface area is 409 Å². The number of nitrogens with two attached hydrogens (primary N) is 1. The van der Waals surface area contributed by atoms with Crippen molar-refractivity contribution < 1.29 is 8.83 Å². The Bertz CT molecular complexity index is 4280. The van der Waals surface area contributed by atoms with E-state index in [4.69, 9.17) is 24.6 Å². The van der Waals surface area contributed by atoms with Crippen LogP contribution in [0.5, 0.6) is 0 Å². The molecule has 0 saturated carbocycles. The fourth-order valence-electron chi connectivity index (χ4n) is 10.1. The maximum absolute atomic E-state index is 7.23. The minimum Gasteiger partial charge on any atom is -0.456 e. The van der Waals surface area contributed by atoms with Crippen molar-refractivity contribution in [1.82, 2.24) is 0 Å². The molecule has 2 N–H and O–H groups in total. The second-order valence-corrected chi connectivity index (χ2v) is 17.9. The Morgan fingerprint density at radius 3 is 1.66 bits per heavy atom. The van der Waals surface area contributed by atoms with Crippen molar-refractivity contribution in [3.63, 3.8) is 0 Å². The van der Waals surface area contributed by atoms with Crippen LogP contribution in [0.4, 0.5) is 0 Å². The molecular formula is C66H43N3O2. The molecule has 0 aliphatic rings. The maximum atomic E-state index is 7.23. The number of para-hydroxylation sites is 2. The Morgan fingerprint density at radius 2 is 0.944 bits per heavy atom. The molecule has 5 nitrogen and oxygen atoms in total. The summed E-state index contributed by atoms with van der Waals surface area (Å²) in [6, 6.07) is 82.0. The van der Waals surface area contributed by atoms with E-state index in [1.807, 2.05) is 66.7 Å². The van der Waals surface area contributed by atoms with Gasteiger partial charge in [0.25, 0.3) is 0 Å². The highest BCUT2D eigenvalue weighted by atomic mass is 16.3. The van der Waals surface area contributed by atoms with Crippen molar-refractivity contribution in [1.29, 1.82) is 0 Å². The summed E-state index contributed by atoms with van der Waals surface area (Å²) in [6.45, 7) is 4.49. The molecule has 0 spiro atoms. The first-order valence-electron chi connectivity index (χ1n) is 23.8. The third kappa shape index (κ3) is 7.45. The molecule has 13 rings (SSSR count). The van der Waals surface area contributed by atoms with Crippen molar-refractivity contribution in [2.75, 3.05) is 0 Å². The lowest BCUT2D eigenvalue weighted by Gasteiger charge is -2.15. The van der Waals surface area contributed by atoms with Gasteiger partial charge in [0.05, 0.1) is 5.70 Å². The Morgan fingerprint density at radius 1 is 0.366 bits per heavy atom. The highest BCUT2D eigenvalue weighted by Gasteiger charge is 2.20. The van der Waals surface area contributed by atoms with Crippen molar-refractivity contribution in [3.8, 4) is 44.5 Å². The van der Waals surface area contributed by atoms with Crippen molar-refractivity contribution in [2.24, 2.45) is 15.7 Å². The van der Waals surface area contributed by atoms with Gasteiger partial charge in [0.15, 0.2) is 5.84 Å². The number of fused-ring (bicyclic) bond motifs is 8. The van der Waals surface area contributed by atoms with Crippen molar-refractivity contribution >= 4 is 82.8 Å². The molecule has 11 aromatic carbocycles. The monoisotopic (exact) mass is 909 g/mol. The average Bonchev–Trinajstić information content (AvgIpc) is 4.00. The van der Waals surface area contributed by atoms with E-state index < -0.39 is 0 Å². The lowest BCUT2D eigenvalue weighted by Crippen LogP contribution is -2.17. The van der Waals surface area contributed by atoms with Crippen LogP contribution in [0.15, 0.2) is 262 Å². The highest BCUT2D eigenvalue weighted by Crippen LogP contribution is 2.44. The lowest BCUT2D eigenvalue weighted by molar-refractivity contribution is 0.667. The smallest absolute Gasteiger partial charge is 0.162 e. The lowest BCUT2D eigenvalue weighted by atomic mass is 9.89. The molecule has 5 heteroatoms. The summed E-state index contributed by atoms with van der Waals surface area (Å²) < 4.78 is 13.2. The molecule has 0 amide bonds. The van der Waals surface area contributed by atoms with E-state index in [-0.39, 0.29) is 0 Å². The summed E-state index contributed by atoms with van der Waals surface area (Å²) >= 11 is 0. The second-order valence-electron chi connectivity index (χ2n) is 17.9. The zero-order chi connectivity index (χ0) is 47.4. The SMILES string of the molecule is C=C(N=C(N=C(N)c1ccc(-c2cc(-c3ccc(-c4ccccc4)cc3)cc3oc4cc5ccccc5cc4c23)c2ccccc12)c1ccc(-c2ccccc2)cc1)c1cccc2c1oc1ccccc12. The van der Waals surface area contributed by atoms with Crippen LogP contribution in [0, 0.1) is 0 Å². The summed E-state index contributed by atoms with van der Waals surface area (Å²) in [5.41, 5.74) is 22.1. The van der Waals surface area contributed by atoms with Gasteiger partial charge in [0.1, 0.15) is 28.2 Å². The minimum atomic E-state index is 0.325. The number of amidine groups is 2. The predicted molar refractivity (Wildman–Crippen MR) is 297 cm³/mol. The van der Waals surface area contributed by atoms with Gasteiger partial charge in [-0.2, -0.15) is 0 Å². The van der Waals surface area contributed by atoms with Crippen LogP contribution in [0.3, 0.4) is 0 Å². The number of rotatable bonds is 8. The Balaban J connectivity index is 0.965. The first-order valence-corrected chi connectivity index (χ1v) is 23.8. The largest absolute Gasteiger partial charge is 0.456 e. The van der Waals surface area contributed by atoms with Crippen LogP contribution in [0.1, 0.15) is 16.7 Å². The van der Waals surface area contributed by atoms with Gasteiger partial charge in [-0.05, 0) is 102 Å². The molecule has 0 unspecified atom stereocenters. The van der Waals surface area contributed by atoms with Gasteiger partial charge in [0, 0.05) is 38.2 Å². The van der Waals surface area contributed by atoms with Crippen LogP contribution < -0.4 is 5.73 Å². The number of hydrogen-bond acceptors (Lipinski definition) is 3. The van der Waals surface area contributed by atoms with Crippen LogP contribution >= 0.6 is 0 Å². The van der Waals surface area contributed by atoms with Gasteiger partial charge in [-0.15, -0.1) is 0 Å². The molecule has 0 radical (unpaired) electrons. The molecule has 2 heterocycles. The molecule has 0 saturated heterocycles. The normalized spacial score (nSPS) is 12.2. The molecule has 0 fully saturated rings. The van der Waals surface area contributed by atoms with Gasteiger partial charge in [-0.25, -0.2) is 9.98 Å². The maximum Gasteiger partial charge on any atom is 0.162 e. The molecule has 13 aromatic rings. The molecular weight excluding hydrogens is 867 g/mol. The van der Waals surface area contributed by atoms with E-state index in [1.165, 1.54) is 5.56 Å². The summed E-state index contributed by atoms with van der Waals surface area (Å²) in [6.07, 6.45) is 0. The third-order valence-electron chi connectivity index (χ3n) is 13.7. The number of aliphatic imine (C=N–C) groups is 2.